The molecule has 0 aliphatic carbocycles. The molecule has 43 heavy (non-hydrogen) atoms. The molecule has 230 valence electrons. The van der Waals surface area contributed by atoms with Gasteiger partial charge in [0.2, 0.25) is 5.91 Å². The van der Waals surface area contributed by atoms with Crippen LogP contribution in [0.3, 0.4) is 0 Å². The van der Waals surface area contributed by atoms with Crippen LogP contribution in [-0.2, 0) is 19.6 Å². The van der Waals surface area contributed by atoms with E-state index in [1.54, 1.807) is 31.2 Å². The number of carbonyl (C=O) groups excluding carboxylic acids is 3. The van der Waals surface area contributed by atoms with Crippen molar-refractivity contribution in [2.45, 2.75) is 18.5 Å². The van der Waals surface area contributed by atoms with Gasteiger partial charge < -0.3 is 28.8 Å². The summed E-state index contributed by atoms with van der Waals surface area (Å²) in [5.41, 5.74) is -5.14. The van der Waals surface area contributed by atoms with Crippen LogP contribution in [0.2, 0.25) is 0 Å². The lowest BCUT2D eigenvalue weighted by Gasteiger charge is -2.36. The third kappa shape index (κ3) is 7.07. The van der Waals surface area contributed by atoms with Crippen molar-refractivity contribution in [1.29, 1.82) is 0 Å². The zero-order chi connectivity index (χ0) is 31.4. The Bertz CT molecular complexity index is 1610. The number of para-hydroxylation sites is 1. The highest BCUT2D eigenvalue weighted by molar-refractivity contribution is 7.88. The smallest absolute Gasteiger partial charge is 0.496 e. The van der Waals surface area contributed by atoms with Gasteiger partial charge in [-0.05, 0) is 36.8 Å². The molecule has 1 fully saturated rings. The van der Waals surface area contributed by atoms with Gasteiger partial charge in [-0.25, -0.2) is 9.78 Å². The van der Waals surface area contributed by atoms with Gasteiger partial charge in [-0.3, -0.25) is 9.59 Å². The van der Waals surface area contributed by atoms with E-state index in [1.807, 2.05) is 0 Å². The first-order valence-electron chi connectivity index (χ1n) is 12.9. The van der Waals surface area contributed by atoms with Gasteiger partial charge in [-0.15, -0.1) is 0 Å². The maximum Gasteiger partial charge on any atom is 0.534 e. The second-order valence-electron chi connectivity index (χ2n) is 9.20. The summed E-state index contributed by atoms with van der Waals surface area (Å²) in [5.74, 6) is -1.63. The lowest BCUT2D eigenvalue weighted by atomic mass is 10.0. The monoisotopic (exact) mass is 624 g/mol. The standard InChI is InChI=1S/C27H27F3N4O8S/c1-3-41-26(37)34-14-12-33(13-15-34)25(36)23(17-8-10-18(11-9-17)42-43(38,39)27(28,29)30)32-24(35)21-16-22(40-2)19-6-4-5-7-20(19)31-21/h4-11,16,23H,3,12-15H2,1-2H3,(H,32,35). The number of fused-ring (bicyclic) bond motifs is 1. The van der Waals surface area contributed by atoms with Gasteiger partial charge in [0.25, 0.3) is 5.91 Å². The number of amides is 3. The van der Waals surface area contributed by atoms with E-state index in [4.69, 9.17) is 9.47 Å². The van der Waals surface area contributed by atoms with E-state index in [1.165, 1.54) is 23.0 Å². The van der Waals surface area contributed by atoms with Crippen LogP contribution >= 0.6 is 0 Å². The number of ether oxygens (including phenoxy) is 2. The number of hydrogen-bond donors (Lipinski definition) is 1. The van der Waals surface area contributed by atoms with Crippen LogP contribution in [0.4, 0.5) is 18.0 Å². The van der Waals surface area contributed by atoms with Crippen molar-refractivity contribution in [3.63, 3.8) is 0 Å². The fraction of sp³-hybridized carbons (Fsp3) is 0.333. The lowest BCUT2D eigenvalue weighted by molar-refractivity contribution is -0.135. The van der Waals surface area contributed by atoms with Gasteiger partial charge in [0.1, 0.15) is 23.2 Å². The maximum absolute atomic E-state index is 13.7. The molecule has 3 aromatic rings. The Morgan fingerprint density at radius 1 is 1.00 bits per heavy atom. The number of methoxy groups -OCH3 is 1. The molecule has 2 heterocycles. The summed E-state index contributed by atoms with van der Waals surface area (Å²) in [7, 11) is -4.50. The predicted molar refractivity (Wildman–Crippen MR) is 146 cm³/mol. The zero-order valence-corrected chi connectivity index (χ0v) is 23.8. The summed E-state index contributed by atoms with van der Waals surface area (Å²) in [6.45, 7) is 2.39. The minimum atomic E-state index is -5.92. The Labute approximate surface area is 244 Å². The average molecular weight is 625 g/mol. The van der Waals surface area contributed by atoms with E-state index in [9.17, 15) is 36.0 Å². The summed E-state index contributed by atoms with van der Waals surface area (Å²) in [6, 6.07) is 11.1. The molecule has 1 N–H and O–H groups in total. The topological polar surface area (TPSA) is 144 Å². The van der Waals surface area contributed by atoms with Crippen LogP contribution in [0.15, 0.2) is 54.6 Å². The number of nitrogens with one attached hydrogen (secondary N) is 1. The van der Waals surface area contributed by atoms with Crippen molar-refractivity contribution in [3.05, 3.63) is 65.9 Å². The summed E-state index contributed by atoms with van der Waals surface area (Å²) >= 11 is 0. The molecule has 0 saturated carbocycles. The number of pyridine rings is 1. The first-order chi connectivity index (χ1) is 20.3. The van der Waals surface area contributed by atoms with Gasteiger partial charge in [0.15, 0.2) is 0 Å². The Balaban J connectivity index is 1.62. The van der Waals surface area contributed by atoms with Gasteiger partial charge in [-0.2, -0.15) is 21.6 Å². The van der Waals surface area contributed by atoms with Crippen molar-refractivity contribution in [3.8, 4) is 11.5 Å². The molecule has 0 bridgehead atoms. The number of carbonyl (C=O) groups is 3. The van der Waals surface area contributed by atoms with Gasteiger partial charge in [0.05, 0.1) is 19.2 Å². The first kappa shape index (κ1) is 31.3. The zero-order valence-electron chi connectivity index (χ0n) is 23.0. The molecule has 0 radical (unpaired) electrons. The Morgan fingerprint density at radius 2 is 1.63 bits per heavy atom. The quantitative estimate of drug-likeness (QED) is 0.295. The van der Waals surface area contributed by atoms with E-state index in [0.717, 1.165) is 24.3 Å². The number of nitrogens with zero attached hydrogens (tertiary/aromatic N) is 3. The third-order valence-corrected chi connectivity index (χ3v) is 7.45. The van der Waals surface area contributed by atoms with Crippen LogP contribution in [0.5, 0.6) is 11.5 Å². The number of aromatic nitrogens is 1. The highest BCUT2D eigenvalue weighted by Gasteiger charge is 2.48. The molecule has 1 unspecified atom stereocenters. The SMILES string of the molecule is CCOC(=O)N1CCN(C(=O)C(NC(=O)c2cc(OC)c3ccccc3n2)c2ccc(OS(=O)(=O)C(F)(F)F)cc2)CC1. The molecular formula is C27H27F3N4O8S. The van der Waals surface area contributed by atoms with Crippen LogP contribution in [0.1, 0.15) is 29.0 Å². The largest absolute Gasteiger partial charge is 0.534 e. The molecule has 1 atom stereocenters. The molecule has 1 aliphatic rings. The Kier molecular flexibility index (Phi) is 9.27. The fourth-order valence-corrected chi connectivity index (χ4v) is 4.78. The molecule has 12 nitrogen and oxygen atoms in total. The molecule has 3 amide bonds. The summed E-state index contributed by atoms with van der Waals surface area (Å²) < 4.78 is 75.6. The van der Waals surface area contributed by atoms with Crippen molar-refractivity contribution in [2.75, 3.05) is 39.9 Å². The predicted octanol–water partition coefficient (Wildman–Crippen LogP) is 3.24. The molecule has 1 aromatic heterocycles. The fourth-order valence-electron chi connectivity index (χ4n) is 4.32. The van der Waals surface area contributed by atoms with Crippen molar-refractivity contribution >= 4 is 38.9 Å². The number of alkyl halides is 3. The van der Waals surface area contributed by atoms with E-state index >= 15 is 0 Å². The Hall–Kier alpha value is -4.60. The summed E-state index contributed by atoms with van der Waals surface area (Å²) in [6.07, 6.45) is -0.528. The molecular weight excluding hydrogens is 597 g/mol. The van der Waals surface area contributed by atoms with E-state index in [0.29, 0.717) is 16.7 Å². The van der Waals surface area contributed by atoms with Gasteiger partial charge >= 0.3 is 21.7 Å². The highest BCUT2D eigenvalue weighted by Crippen LogP contribution is 2.29. The van der Waals surface area contributed by atoms with E-state index in [-0.39, 0.29) is 44.0 Å². The number of hydrogen-bond acceptors (Lipinski definition) is 9. The number of benzene rings is 2. The number of piperazine rings is 1. The molecule has 2 aromatic carbocycles. The van der Waals surface area contributed by atoms with Gasteiger partial charge in [0, 0.05) is 37.6 Å². The van der Waals surface area contributed by atoms with Crippen molar-refractivity contribution in [1.82, 2.24) is 20.1 Å². The normalized spacial score (nSPS) is 14.6. The number of halogens is 3. The molecule has 0 spiro atoms. The third-order valence-electron chi connectivity index (χ3n) is 6.47. The molecule has 1 aliphatic heterocycles. The molecule has 16 heteroatoms. The maximum atomic E-state index is 13.7. The minimum absolute atomic E-state index is 0.0725. The second-order valence-corrected chi connectivity index (χ2v) is 10.7. The molecule has 4 rings (SSSR count). The van der Waals surface area contributed by atoms with E-state index < -0.39 is 45.3 Å². The average Bonchev–Trinajstić information content (AvgIpc) is 2.98. The Morgan fingerprint density at radius 3 is 2.23 bits per heavy atom. The van der Waals surface area contributed by atoms with Crippen LogP contribution < -0.4 is 14.2 Å². The van der Waals surface area contributed by atoms with Gasteiger partial charge in [-0.1, -0.05) is 24.3 Å². The van der Waals surface area contributed by atoms with Crippen LogP contribution in [0, 0.1) is 0 Å². The number of rotatable bonds is 8. The van der Waals surface area contributed by atoms with Crippen molar-refractivity contribution < 1.29 is 49.6 Å². The van der Waals surface area contributed by atoms with Crippen molar-refractivity contribution in [2.24, 2.45) is 0 Å². The van der Waals surface area contributed by atoms with E-state index in [2.05, 4.69) is 14.5 Å². The highest BCUT2D eigenvalue weighted by atomic mass is 32.2. The minimum Gasteiger partial charge on any atom is -0.496 e. The first-order valence-corrected chi connectivity index (χ1v) is 14.3. The second kappa shape index (κ2) is 12.7. The van der Waals surface area contributed by atoms with Crippen LogP contribution in [-0.4, -0.2) is 86.5 Å². The van der Waals surface area contributed by atoms with Crippen LogP contribution in [0.25, 0.3) is 10.9 Å². The molecule has 1 saturated heterocycles. The summed E-state index contributed by atoms with van der Waals surface area (Å²) in [4.78, 5) is 46.4. The lowest BCUT2D eigenvalue weighted by Crippen LogP contribution is -2.53. The summed E-state index contributed by atoms with van der Waals surface area (Å²) in [5, 5.41) is 3.27.